The summed E-state index contributed by atoms with van der Waals surface area (Å²) in [7, 11) is 0. The van der Waals surface area contributed by atoms with E-state index in [1.165, 1.54) is 10.8 Å². The zero-order chi connectivity index (χ0) is 19.4. The van der Waals surface area contributed by atoms with Crippen LogP contribution in [0.1, 0.15) is 37.8 Å². The van der Waals surface area contributed by atoms with Gasteiger partial charge in [-0.1, -0.05) is 42.4 Å². The molecule has 0 spiro atoms. The van der Waals surface area contributed by atoms with Gasteiger partial charge < -0.3 is 9.63 Å². The van der Waals surface area contributed by atoms with Gasteiger partial charge in [0.25, 0.3) is 5.56 Å². The Bertz CT molecular complexity index is 1070. The first-order valence-corrected chi connectivity index (χ1v) is 8.87. The quantitative estimate of drug-likeness (QED) is 0.498. The molecular formula is C18H19N5O3S. The Labute approximate surface area is 160 Å². The van der Waals surface area contributed by atoms with Crippen molar-refractivity contribution in [1.29, 1.82) is 0 Å². The number of aromatic amines is 1. The minimum absolute atomic E-state index is 0.0340. The van der Waals surface area contributed by atoms with E-state index >= 15 is 0 Å². The predicted octanol–water partition coefficient (Wildman–Crippen LogP) is 3.25. The van der Waals surface area contributed by atoms with Crippen LogP contribution < -0.4 is 5.56 Å². The Kier molecular flexibility index (Phi) is 5.60. The molecule has 2 N–H and O–H groups in total. The lowest BCUT2D eigenvalue weighted by atomic mass is 10.2. The van der Waals surface area contributed by atoms with E-state index in [1.54, 1.807) is 0 Å². The van der Waals surface area contributed by atoms with E-state index in [0.717, 1.165) is 12.0 Å². The third kappa shape index (κ3) is 4.03. The minimum Gasteiger partial charge on any atom is -0.494 e. The topological polar surface area (TPSA) is 109 Å². The van der Waals surface area contributed by atoms with Crippen molar-refractivity contribution in [3.05, 3.63) is 56.9 Å². The molecule has 1 aromatic carbocycles. The summed E-state index contributed by atoms with van der Waals surface area (Å²) in [5, 5.41) is 14.3. The normalized spacial score (nSPS) is 12.5. The summed E-state index contributed by atoms with van der Waals surface area (Å²) in [5.74, 6) is 0.555. The first kappa shape index (κ1) is 18.7. The zero-order valence-corrected chi connectivity index (χ0v) is 15.7. The average molecular weight is 385 g/mol. The second-order valence-corrected chi connectivity index (χ2v) is 6.36. The highest BCUT2D eigenvalue weighted by Crippen LogP contribution is 2.20. The number of nitrogens with zero attached hydrogens (tertiary/aromatic N) is 4. The van der Waals surface area contributed by atoms with Gasteiger partial charge in [0.1, 0.15) is 12.1 Å². The summed E-state index contributed by atoms with van der Waals surface area (Å²) in [4.78, 5) is 23.1. The molecule has 0 saturated heterocycles. The molecule has 0 radical (unpaired) electrons. The van der Waals surface area contributed by atoms with Gasteiger partial charge in [0.05, 0.1) is 0 Å². The Balaban J connectivity index is 1.82. The monoisotopic (exact) mass is 385 g/mol. The van der Waals surface area contributed by atoms with E-state index in [1.807, 2.05) is 44.2 Å². The predicted molar refractivity (Wildman–Crippen MR) is 104 cm³/mol. The summed E-state index contributed by atoms with van der Waals surface area (Å²) < 4.78 is 6.84. The maximum Gasteiger partial charge on any atom is 0.264 e. The molecule has 8 nitrogen and oxygen atoms in total. The second kappa shape index (κ2) is 8.09. The zero-order valence-electron chi connectivity index (χ0n) is 14.9. The van der Waals surface area contributed by atoms with E-state index in [0.29, 0.717) is 11.7 Å². The molecule has 0 aliphatic rings. The lowest BCUT2D eigenvalue weighted by molar-refractivity contribution is 0.371. The summed E-state index contributed by atoms with van der Waals surface area (Å²) in [6.07, 6.45) is 2.03. The van der Waals surface area contributed by atoms with Crippen LogP contribution in [0.5, 0.6) is 5.88 Å². The molecule has 27 heavy (non-hydrogen) atoms. The van der Waals surface area contributed by atoms with Crippen molar-refractivity contribution in [3.63, 3.8) is 0 Å². The van der Waals surface area contributed by atoms with Gasteiger partial charge in [0.15, 0.2) is 4.77 Å². The molecule has 9 heteroatoms. The van der Waals surface area contributed by atoms with E-state index in [2.05, 4.69) is 20.1 Å². The molecule has 140 valence electrons. The van der Waals surface area contributed by atoms with Crippen LogP contribution in [0, 0.1) is 4.77 Å². The van der Waals surface area contributed by atoms with Crippen molar-refractivity contribution in [1.82, 2.24) is 19.7 Å². The number of aliphatic imine (C=N–C) groups is 1. The lowest BCUT2D eigenvalue weighted by Gasteiger charge is -2.16. The Morgan fingerprint density at radius 1 is 1.41 bits per heavy atom. The SMILES string of the molecule is CCC(C)n1c(O)c(C=NCc2nc(-c3ccccc3)no2)c(=O)[nH]c1=S. The van der Waals surface area contributed by atoms with Crippen molar-refractivity contribution in [3.8, 4) is 17.3 Å². The summed E-state index contributed by atoms with van der Waals surface area (Å²) in [6.45, 7) is 3.95. The highest BCUT2D eigenvalue weighted by atomic mass is 32.1. The molecular weight excluding hydrogens is 366 g/mol. The van der Waals surface area contributed by atoms with Gasteiger partial charge in [0.2, 0.25) is 17.6 Å². The van der Waals surface area contributed by atoms with Crippen molar-refractivity contribution >= 4 is 18.4 Å². The second-order valence-electron chi connectivity index (χ2n) is 5.97. The largest absolute Gasteiger partial charge is 0.494 e. The van der Waals surface area contributed by atoms with Crippen LogP contribution in [0.4, 0.5) is 0 Å². The first-order valence-electron chi connectivity index (χ1n) is 8.46. The Morgan fingerprint density at radius 2 is 2.15 bits per heavy atom. The molecule has 3 aromatic rings. The number of aromatic hydroxyl groups is 1. The van der Waals surface area contributed by atoms with E-state index < -0.39 is 5.56 Å². The third-order valence-electron chi connectivity index (χ3n) is 4.13. The molecule has 2 heterocycles. The van der Waals surface area contributed by atoms with Crippen LogP contribution >= 0.6 is 12.2 Å². The lowest BCUT2D eigenvalue weighted by Crippen LogP contribution is -2.20. The average Bonchev–Trinajstić information content (AvgIpc) is 3.13. The molecule has 0 bridgehead atoms. The molecule has 3 rings (SSSR count). The van der Waals surface area contributed by atoms with Crippen LogP contribution in [-0.4, -0.2) is 31.0 Å². The fraction of sp³-hybridized carbons (Fsp3) is 0.278. The van der Waals surface area contributed by atoms with Crippen LogP contribution in [-0.2, 0) is 6.54 Å². The number of benzene rings is 1. The fourth-order valence-corrected chi connectivity index (χ4v) is 2.86. The number of hydrogen-bond acceptors (Lipinski definition) is 7. The molecule has 0 amide bonds. The molecule has 0 fully saturated rings. The molecule has 0 saturated carbocycles. The summed E-state index contributed by atoms with van der Waals surface area (Å²) in [6, 6.07) is 9.35. The molecule has 2 aromatic heterocycles. The third-order valence-corrected chi connectivity index (χ3v) is 4.43. The standard InChI is InChI=1S/C18H19N5O3S/c1-3-11(2)23-17(25)13(16(24)21-18(23)27)9-19-10-14-20-15(22-26-14)12-7-5-4-6-8-12/h4-9,11,25H,3,10H2,1-2H3,(H,21,24,27). The van der Waals surface area contributed by atoms with Gasteiger partial charge >= 0.3 is 0 Å². The molecule has 1 unspecified atom stereocenters. The number of rotatable bonds is 6. The number of hydrogen-bond donors (Lipinski definition) is 2. The maximum absolute atomic E-state index is 12.1. The molecule has 0 aliphatic carbocycles. The van der Waals surface area contributed by atoms with Gasteiger partial charge in [0, 0.05) is 17.8 Å². The van der Waals surface area contributed by atoms with Crippen LogP contribution in [0.3, 0.4) is 0 Å². The summed E-state index contributed by atoms with van der Waals surface area (Å²) in [5.41, 5.74) is 0.365. The van der Waals surface area contributed by atoms with Gasteiger partial charge in [-0.3, -0.25) is 19.3 Å². The van der Waals surface area contributed by atoms with Crippen molar-refractivity contribution in [2.75, 3.05) is 0 Å². The minimum atomic E-state index is -0.503. The summed E-state index contributed by atoms with van der Waals surface area (Å²) >= 11 is 5.14. The van der Waals surface area contributed by atoms with Gasteiger partial charge in [-0.2, -0.15) is 4.98 Å². The van der Waals surface area contributed by atoms with Crippen LogP contribution in [0.15, 0.2) is 44.6 Å². The highest BCUT2D eigenvalue weighted by Gasteiger charge is 2.14. The number of aromatic nitrogens is 4. The highest BCUT2D eigenvalue weighted by molar-refractivity contribution is 7.71. The van der Waals surface area contributed by atoms with E-state index in [9.17, 15) is 9.90 Å². The van der Waals surface area contributed by atoms with Crippen LogP contribution in [0.2, 0.25) is 0 Å². The molecule has 1 atom stereocenters. The Morgan fingerprint density at radius 3 is 2.85 bits per heavy atom. The van der Waals surface area contributed by atoms with E-state index in [-0.39, 0.29) is 28.8 Å². The number of nitrogens with one attached hydrogen (secondary N) is 1. The maximum atomic E-state index is 12.1. The van der Waals surface area contributed by atoms with Crippen molar-refractivity contribution in [2.24, 2.45) is 4.99 Å². The van der Waals surface area contributed by atoms with Crippen molar-refractivity contribution in [2.45, 2.75) is 32.9 Å². The number of H-pyrrole nitrogens is 1. The Hall–Kier alpha value is -3.07. The van der Waals surface area contributed by atoms with Gasteiger partial charge in [-0.25, -0.2) is 0 Å². The van der Waals surface area contributed by atoms with Crippen LogP contribution in [0.25, 0.3) is 11.4 Å². The molecule has 0 aliphatic heterocycles. The fourth-order valence-electron chi connectivity index (χ4n) is 2.50. The smallest absolute Gasteiger partial charge is 0.264 e. The first-order chi connectivity index (χ1) is 13.0. The van der Waals surface area contributed by atoms with Gasteiger partial charge in [-0.05, 0) is 25.6 Å². The van der Waals surface area contributed by atoms with Gasteiger partial charge in [-0.15, -0.1) is 0 Å². The van der Waals surface area contributed by atoms with E-state index in [4.69, 9.17) is 16.7 Å². The van der Waals surface area contributed by atoms with Crippen molar-refractivity contribution < 1.29 is 9.63 Å².